The van der Waals surface area contributed by atoms with Gasteiger partial charge < -0.3 is 10.1 Å². The SMILES string of the molecule is CC(C)(C)C(=O)Nc1ccc(C(=O)COC(=O)c2ccc(S(=O)(=O)N3CCCCC3)cc2)cc1. The van der Waals surface area contributed by atoms with Gasteiger partial charge in [-0.1, -0.05) is 27.2 Å². The zero-order valence-corrected chi connectivity index (χ0v) is 20.5. The fourth-order valence-corrected chi connectivity index (χ4v) is 4.89. The normalized spacial score (nSPS) is 14.9. The smallest absolute Gasteiger partial charge is 0.338 e. The summed E-state index contributed by atoms with van der Waals surface area (Å²) in [5, 5.41) is 2.77. The first-order chi connectivity index (χ1) is 16.0. The summed E-state index contributed by atoms with van der Waals surface area (Å²) < 4.78 is 32.0. The minimum absolute atomic E-state index is 0.126. The number of amides is 1. The number of rotatable bonds is 7. The predicted octanol–water partition coefficient (Wildman–Crippen LogP) is 3.89. The molecule has 0 radical (unpaired) electrons. The number of nitrogens with one attached hydrogen (secondary N) is 1. The van der Waals surface area contributed by atoms with Crippen LogP contribution in [-0.4, -0.2) is 50.1 Å². The number of esters is 1. The molecule has 1 fully saturated rings. The van der Waals surface area contributed by atoms with Gasteiger partial charge in [0, 0.05) is 29.8 Å². The third kappa shape index (κ3) is 6.30. The third-order valence-corrected chi connectivity index (χ3v) is 7.44. The molecule has 2 aromatic carbocycles. The van der Waals surface area contributed by atoms with E-state index in [4.69, 9.17) is 4.74 Å². The molecule has 1 N–H and O–H groups in total. The molecule has 1 heterocycles. The zero-order valence-electron chi connectivity index (χ0n) is 19.7. The van der Waals surface area contributed by atoms with E-state index in [9.17, 15) is 22.8 Å². The summed E-state index contributed by atoms with van der Waals surface area (Å²) >= 11 is 0. The molecular weight excluding hydrogens is 456 g/mol. The van der Waals surface area contributed by atoms with Gasteiger partial charge in [0.25, 0.3) is 0 Å². The van der Waals surface area contributed by atoms with E-state index in [-0.39, 0.29) is 16.4 Å². The highest BCUT2D eigenvalue weighted by Gasteiger charge is 2.26. The molecule has 9 heteroatoms. The number of nitrogens with zero attached hydrogens (tertiary/aromatic N) is 1. The van der Waals surface area contributed by atoms with Gasteiger partial charge in [0.15, 0.2) is 12.4 Å². The van der Waals surface area contributed by atoms with Crippen molar-refractivity contribution in [1.82, 2.24) is 4.31 Å². The van der Waals surface area contributed by atoms with E-state index < -0.39 is 33.8 Å². The second-order valence-electron chi connectivity index (χ2n) is 9.27. The lowest BCUT2D eigenvalue weighted by Gasteiger charge is -2.25. The van der Waals surface area contributed by atoms with E-state index in [1.807, 2.05) is 0 Å². The van der Waals surface area contributed by atoms with E-state index in [1.165, 1.54) is 28.6 Å². The number of piperidine rings is 1. The molecule has 0 spiro atoms. The molecule has 0 bridgehead atoms. The number of hydrogen-bond donors (Lipinski definition) is 1. The maximum atomic E-state index is 12.7. The van der Waals surface area contributed by atoms with Gasteiger partial charge in [-0.3, -0.25) is 9.59 Å². The van der Waals surface area contributed by atoms with Crippen molar-refractivity contribution in [3.05, 3.63) is 59.7 Å². The fourth-order valence-electron chi connectivity index (χ4n) is 3.37. The van der Waals surface area contributed by atoms with Crippen molar-refractivity contribution in [1.29, 1.82) is 0 Å². The van der Waals surface area contributed by atoms with Crippen LogP contribution >= 0.6 is 0 Å². The Kier molecular flexibility index (Phi) is 7.89. The van der Waals surface area contributed by atoms with Crippen LogP contribution in [0.1, 0.15) is 60.7 Å². The van der Waals surface area contributed by atoms with Gasteiger partial charge >= 0.3 is 5.97 Å². The number of sulfonamides is 1. The molecule has 34 heavy (non-hydrogen) atoms. The summed E-state index contributed by atoms with van der Waals surface area (Å²) in [4.78, 5) is 36.9. The first kappa shape index (κ1) is 25.6. The van der Waals surface area contributed by atoms with Crippen LogP contribution in [0.25, 0.3) is 0 Å². The first-order valence-electron chi connectivity index (χ1n) is 11.2. The van der Waals surface area contributed by atoms with E-state index in [1.54, 1.807) is 45.0 Å². The molecule has 3 rings (SSSR count). The molecule has 0 saturated carbocycles. The van der Waals surface area contributed by atoms with Crippen molar-refractivity contribution in [2.75, 3.05) is 25.0 Å². The van der Waals surface area contributed by atoms with Crippen molar-refractivity contribution in [2.45, 2.75) is 44.9 Å². The highest BCUT2D eigenvalue weighted by molar-refractivity contribution is 7.89. The molecule has 0 unspecified atom stereocenters. The highest BCUT2D eigenvalue weighted by Crippen LogP contribution is 2.21. The highest BCUT2D eigenvalue weighted by atomic mass is 32.2. The Morgan fingerprint density at radius 1 is 0.882 bits per heavy atom. The maximum absolute atomic E-state index is 12.7. The summed E-state index contributed by atoms with van der Waals surface area (Å²) in [6, 6.07) is 11.9. The van der Waals surface area contributed by atoms with Crippen LogP contribution < -0.4 is 5.32 Å². The number of ether oxygens (including phenoxy) is 1. The van der Waals surface area contributed by atoms with Gasteiger partial charge in [-0.2, -0.15) is 4.31 Å². The molecule has 0 atom stereocenters. The molecule has 2 aromatic rings. The van der Waals surface area contributed by atoms with Gasteiger partial charge in [0.2, 0.25) is 15.9 Å². The van der Waals surface area contributed by atoms with Crippen molar-refractivity contribution >= 4 is 33.4 Å². The van der Waals surface area contributed by atoms with Crippen molar-refractivity contribution in [3.8, 4) is 0 Å². The predicted molar refractivity (Wildman–Crippen MR) is 128 cm³/mol. The Hall–Kier alpha value is -3.04. The number of anilines is 1. The summed E-state index contributed by atoms with van der Waals surface area (Å²) in [5.41, 5.74) is 0.516. The average molecular weight is 487 g/mol. The molecule has 0 aromatic heterocycles. The Morgan fingerprint density at radius 2 is 1.44 bits per heavy atom. The molecule has 1 aliphatic heterocycles. The van der Waals surface area contributed by atoms with Crippen LogP contribution in [0, 0.1) is 5.41 Å². The lowest BCUT2D eigenvalue weighted by Crippen LogP contribution is -2.35. The molecule has 0 aliphatic carbocycles. The van der Waals surface area contributed by atoms with Gasteiger partial charge in [0.1, 0.15) is 0 Å². The number of benzene rings is 2. The van der Waals surface area contributed by atoms with Gasteiger partial charge in [-0.15, -0.1) is 0 Å². The third-order valence-electron chi connectivity index (χ3n) is 5.52. The molecule has 8 nitrogen and oxygen atoms in total. The summed E-state index contributed by atoms with van der Waals surface area (Å²) in [7, 11) is -3.58. The monoisotopic (exact) mass is 486 g/mol. The lowest BCUT2D eigenvalue weighted by atomic mass is 9.95. The summed E-state index contributed by atoms with van der Waals surface area (Å²) in [6.45, 7) is 5.94. The van der Waals surface area contributed by atoms with Crippen molar-refractivity contribution < 1.29 is 27.5 Å². The van der Waals surface area contributed by atoms with Crippen LogP contribution in [0.15, 0.2) is 53.4 Å². The van der Waals surface area contributed by atoms with E-state index >= 15 is 0 Å². The van der Waals surface area contributed by atoms with E-state index in [2.05, 4.69) is 5.32 Å². The minimum Gasteiger partial charge on any atom is -0.454 e. The van der Waals surface area contributed by atoms with Crippen LogP contribution in [-0.2, 0) is 19.6 Å². The quantitative estimate of drug-likeness (QED) is 0.470. The van der Waals surface area contributed by atoms with Crippen molar-refractivity contribution in [3.63, 3.8) is 0 Å². The number of carbonyl (C=O) groups is 3. The minimum atomic E-state index is -3.58. The van der Waals surface area contributed by atoms with Gasteiger partial charge in [-0.05, 0) is 61.4 Å². The number of Topliss-reactive ketones (excluding diaryl/α,β-unsaturated/α-hetero) is 1. The van der Waals surface area contributed by atoms with Crippen molar-refractivity contribution in [2.24, 2.45) is 5.41 Å². The van der Waals surface area contributed by atoms with Crippen LogP contribution in [0.4, 0.5) is 5.69 Å². The fraction of sp³-hybridized carbons (Fsp3) is 0.400. The van der Waals surface area contributed by atoms with Crippen LogP contribution in [0.3, 0.4) is 0 Å². The van der Waals surface area contributed by atoms with Crippen LogP contribution in [0.2, 0.25) is 0 Å². The number of ketones is 1. The van der Waals surface area contributed by atoms with Gasteiger partial charge in [0.05, 0.1) is 10.5 Å². The summed E-state index contributed by atoms with van der Waals surface area (Å²) in [5.74, 6) is -1.26. The van der Waals surface area contributed by atoms with E-state index in [0.717, 1.165) is 19.3 Å². The largest absolute Gasteiger partial charge is 0.454 e. The molecule has 182 valence electrons. The van der Waals surface area contributed by atoms with Crippen LogP contribution in [0.5, 0.6) is 0 Å². The maximum Gasteiger partial charge on any atom is 0.338 e. The zero-order chi connectivity index (χ0) is 24.9. The second-order valence-corrected chi connectivity index (χ2v) is 11.2. The Labute approximate surface area is 200 Å². The Balaban J connectivity index is 1.56. The van der Waals surface area contributed by atoms with E-state index in [0.29, 0.717) is 24.3 Å². The number of hydrogen-bond acceptors (Lipinski definition) is 6. The molecule has 1 saturated heterocycles. The topological polar surface area (TPSA) is 110 Å². The average Bonchev–Trinajstić information content (AvgIpc) is 2.82. The second kappa shape index (κ2) is 10.5. The Bertz CT molecular complexity index is 1140. The number of carbonyl (C=O) groups excluding carboxylic acids is 3. The molecule has 1 amide bonds. The Morgan fingerprint density at radius 3 is 2.00 bits per heavy atom. The first-order valence-corrected chi connectivity index (χ1v) is 12.6. The lowest BCUT2D eigenvalue weighted by molar-refractivity contribution is -0.123. The summed E-state index contributed by atoms with van der Waals surface area (Å²) in [6.07, 6.45) is 2.70. The van der Waals surface area contributed by atoms with Gasteiger partial charge in [-0.25, -0.2) is 13.2 Å². The molecule has 1 aliphatic rings. The standard InChI is InChI=1S/C25H30N2O6S/c1-25(2,3)24(30)26-20-11-7-18(8-12-20)22(28)17-33-23(29)19-9-13-21(14-10-19)34(31,32)27-15-5-4-6-16-27/h7-14H,4-6,15-17H2,1-3H3,(H,26,30). The molecular formula is C25H30N2O6S.